The molecule has 0 fully saturated rings. The molecule has 0 aliphatic rings. The molecule has 1 aromatic carbocycles. The molecule has 0 radical (unpaired) electrons. The van der Waals surface area contributed by atoms with E-state index >= 15 is 0 Å². The predicted molar refractivity (Wildman–Crippen MR) is 64.6 cm³/mol. The molecule has 0 aliphatic heterocycles. The molecule has 0 amide bonds. The molecule has 82 valence electrons. The van der Waals surface area contributed by atoms with Crippen LogP contribution in [0.4, 0.5) is 0 Å². The molecule has 1 aromatic rings. The lowest BCUT2D eigenvalue weighted by molar-refractivity contribution is -0.111. The Hall–Kier alpha value is -0.540. The first-order valence-corrected chi connectivity index (χ1v) is 5.73. The number of rotatable bonds is 4. The fourth-order valence-corrected chi connectivity index (χ4v) is 1.99. The van der Waals surface area contributed by atoms with Gasteiger partial charge in [0.1, 0.15) is 5.75 Å². The van der Waals surface area contributed by atoms with E-state index in [4.69, 9.17) is 16.3 Å². The Morgan fingerprint density at radius 1 is 1.53 bits per heavy atom. The molecule has 0 spiro atoms. The van der Waals surface area contributed by atoms with Crippen molar-refractivity contribution in [1.82, 2.24) is 0 Å². The largest absolute Gasteiger partial charge is 0.496 e. The summed E-state index contributed by atoms with van der Waals surface area (Å²) < 4.78 is 6.17. The van der Waals surface area contributed by atoms with E-state index in [1.807, 2.05) is 19.1 Å². The summed E-state index contributed by atoms with van der Waals surface area (Å²) >= 11 is 8.79. The van der Waals surface area contributed by atoms with Gasteiger partial charge < -0.3 is 4.74 Å². The normalized spacial score (nSPS) is 10.1. The van der Waals surface area contributed by atoms with Crippen molar-refractivity contribution in [1.29, 1.82) is 0 Å². The van der Waals surface area contributed by atoms with Crippen LogP contribution in [0.2, 0.25) is 0 Å². The highest BCUT2D eigenvalue weighted by Crippen LogP contribution is 2.30. The van der Waals surface area contributed by atoms with Crippen molar-refractivity contribution < 1.29 is 9.53 Å². The van der Waals surface area contributed by atoms with Crippen molar-refractivity contribution in [2.24, 2.45) is 0 Å². The van der Waals surface area contributed by atoms with Crippen molar-refractivity contribution in [2.45, 2.75) is 19.8 Å². The third-order valence-corrected chi connectivity index (χ3v) is 3.52. The number of carbonyl (C=O) groups is 1. The number of carbonyl (C=O) groups excluding carboxylic acids is 1. The SMILES string of the molecule is COc1ccc(CCC(=O)Cl)c(Br)c1C. The number of halogens is 2. The molecule has 4 heteroatoms. The standard InChI is InChI=1S/C11H12BrClO2/c1-7-9(15-2)5-3-8(11(7)12)4-6-10(13)14/h3,5H,4,6H2,1-2H3. The molecule has 0 aliphatic carbocycles. The Morgan fingerprint density at radius 2 is 2.20 bits per heavy atom. The van der Waals surface area contributed by atoms with Gasteiger partial charge in [0, 0.05) is 16.5 Å². The fourth-order valence-electron chi connectivity index (χ4n) is 1.37. The van der Waals surface area contributed by atoms with Crippen molar-refractivity contribution >= 4 is 32.8 Å². The average Bonchev–Trinajstić information content (AvgIpc) is 2.20. The third kappa shape index (κ3) is 3.21. The monoisotopic (exact) mass is 290 g/mol. The second-order valence-electron chi connectivity index (χ2n) is 3.22. The van der Waals surface area contributed by atoms with Crippen LogP contribution in [0.3, 0.4) is 0 Å². The highest BCUT2D eigenvalue weighted by Gasteiger charge is 2.08. The Balaban J connectivity index is 2.91. The minimum Gasteiger partial charge on any atom is -0.496 e. The van der Waals surface area contributed by atoms with Gasteiger partial charge in [0.2, 0.25) is 5.24 Å². The third-order valence-electron chi connectivity index (χ3n) is 2.23. The maximum absolute atomic E-state index is 10.7. The summed E-state index contributed by atoms with van der Waals surface area (Å²) in [5.41, 5.74) is 2.11. The van der Waals surface area contributed by atoms with Crippen molar-refractivity contribution in [3.8, 4) is 5.75 Å². The minimum atomic E-state index is -0.310. The Morgan fingerprint density at radius 3 is 2.73 bits per heavy atom. The molecule has 2 nitrogen and oxygen atoms in total. The molecule has 0 bridgehead atoms. The Labute approximate surface area is 103 Å². The average molecular weight is 292 g/mol. The van der Waals surface area contributed by atoms with Crippen LogP contribution in [0, 0.1) is 6.92 Å². The topological polar surface area (TPSA) is 26.3 Å². The van der Waals surface area contributed by atoms with Crippen LogP contribution in [0.15, 0.2) is 16.6 Å². The summed E-state index contributed by atoms with van der Waals surface area (Å²) in [6.07, 6.45) is 1.000. The Bertz CT molecular complexity index is 377. The Kier molecular flexibility index (Phi) is 4.61. The first-order valence-electron chi connectivity index (χ1n) is 4.56. The summed E-state index contributed by atoms with van der Waals surface area (Å²) in [6.45, 7) is 1.97. The zero-order valence-electron chi connectivity index (χ0n) is 8.64. The zero-order valence-corrected chi connectivity index (χ0v) is 11.0. The molecule has 0 saturated heterocycles. The van der Waals surface area contributed by atoms with E-state index in [0.717, 1.165) is 21.3 Å². The van der Waals surface area contributed by atoms with Crippen LogP contribution >= 0.6 is 27.5 Å². The number of benzene rings is 1. The first kappa shape index (κ1) is 12.5. The van der Waals surface area contributed by atoms with Gasteiger partial charge in [-0.2, -0.15) is 0 Å². The van der Waals surface area contributed by atoms with Gasteiger partial charge in [-0.3, -0.25) is 4.79 Å². The minimum absolute atomic E-state index is 0.310. The summed E-state index contributed by atoms with van der Waals surface area (Å²) in [5.74, 6) is 0.836. The van der Waals surface area contributed by atoms with E-state index in [0.29, 0.717) is 12.8 Å². The summed E-state index contributed by atoms with van der Waals surface area (Å²) in [7, 11) is 1.64. The maximum Gasteiger partial charge on any atom is 0.221 e. The summed E-state index contributed by atoms with van der Waals surface area (Å²) in [5, 5.41) is -0.310. The smallest absolute Gasteiger partial charge is 0.221 e. The quantitative estimate of drug-likeness (QED) is 0.794. The molecule has 0 heterocycles. The number of hydrogen-bond acceptors (Lipinski definition) is 2. The lowest BCUT2D eigenvalue weighted by atomic mass is 10.1. The van der Waals surface area contributed by atoms with E-state index < -0.39 is 0 Å². The fraction of sp³-hybridized carbons (Fsp3) is 0.364. The number of aryl methyl sites for hydroxylation is 1. The van der Waals surface area contributed by atoms with Gasteiger partial charge in [-0.1, -0.05) is 22.0 Å². The molecule has 1 rings (SSSR count). The van der Waals surface area contributed by atoms with E-state index in [-0.39, 0.29) is 5.24 Å². The van der Waals surface area contributed by atoms with Crippen LogP contribution in [0.1, 0.15) is 17.5 Å². The number of ether oxygens (including phenoxy) is 1. The predicted octanol–water partition coefficient (Wildman–Crippen LogP) is 3.46. The number of methoxy groups -OCH3 is 1. The lowest BCUT2D eigenvalue weighted by Gasteiger charge is -2.10. The molecular formula is C11H12BrClO2. The second-order valence-corrected chi connectivity index (χ2v) is 4.44. The van der Waals surface area contributed by atoms with Gasteiger partial charge in [0.25, 0.3) is 0 Å². The molecular weight excluding hydrogens is 279 g/mol. The van der Waals surface area contributed by atoms with Crippen LogP contribution in [-0.2, 0) is 11.2 Å². The zero-order chi connectivity index (χ0) is 11.4. The second kappa shape index (κ2) is 5.52. The van der Waals surface area contributed by atoms with Gasteiger partial charge in [-0.25, -0.2) is 0 Å². The molecule has 0 N–H and O–H groups in total. The highest BCUT2D eigenvalue weighted by molar-refractivity contribution is 9.10. The van der Waals surface area contributed by atoms with Gasteiger partial charge >= 0.3 is 0 Å². The van der Waals surface area contributed by atoms with E-state index in [2.05, 4.69) is 15.9 Å². The van der Waals surface area contributed by atoms with Crippen molar-refractivity contribution in [2.75, 3.05) is 7.11 Å². The van der Waals surface area contributed by atoms with E-state index in [1.165, 1.54) is 0 Å². The van der Waals surface area contributed by atoms with Gasteiger partial charge in [0.15, 0.2) is 0 Å². The summed E-state index contributed by atoms with van der Waals surface area (Å²) in [4.78, 5) is 10.7. The van der Waals surface area contributed by atoms with Gasteiger partial charge in [0.05, 0.1) is 7.11 Å². The first-order chi connectivity index (χ1) is 7.06. The van der Waals surface area contributed by atoms with Crippen molar-refractivity contribution in [3.63, 3.8) is 0 Å². The molecule has 0 saturated carbocycles. The molecule has 0 aromatic heterocycles. The molecule has 15 heavy (non-hydrogen) atoms. The number of hydrogen-bond donors (Lipinski definition) is 0. The maximum atomic E-state index is 10.7. The van der Waals surface area contributed by atoms with Gasteiger partial charge in [-0.15, -0.1) is 0 Å². The van der Waals surface area contributed by atoms with Gasteiger partial charge in [-0.05, 0) is 36.6 Å². The van der Waals surface area contributed by atoms with Crippen LogP contribution in [0.5, 0.6) is 5.75 Å². The van der Waals surface area contributed by atoms with Crippen LogP contribution < -0.4 is 4.74 Å². The lowest BCUT2D eigenvalue weighted by Crippen LogP contribution is -1.96. The van der Waals surface area contributed by atoms with Crippen LogP contribution in [-0.4, -0.2) is 12.4 Å². The highest BCUT2D eigenvalue weighted by atomic mass is 79.9. The van der Waals surface area contributed by atoms with Crippen LogP contribution in [0.25, 0.3) is 0 Å². The molecule has 0 unspecified atom stereocenters. The summed E-state index contributed by atoms with van der Waals surface area (Å²) in [6, 6.07) is 3.84. The molecule has 0 atom stereocenters. The van der Waals surface area contributed by atoms with Crippen molar-refractivity contribution in [3.05, 3.63) is 27.7 Å². The van der Waals surface area contributed by atoms with E-state index in [1.54, 1.807) is 7.11 Å². The van der Waals surface area contributed by atoms with E-state index in [9.17, 15) is 4.79 Å².